The van der Waals surface area contributed by atoms with E-state index in [0.717, 1.165) is 0 Å². The SMILES string of the molecule is CC(C)C(C)C(=O)NCCO. The molecule has 0 aliphatic carbocycles. The monoisotopic (exact) mass is 159 g/mol. The van der Waals surface area contributed by atoms with Crippen LogP contribution in [0, 0.1) is 11.8 Å². The van der Waals surface area contributed by atoms with Crippen molar-refractivity contribution in [1.82, 2.24) is 5.32 Å². The molecule has 0 saturated heterocycles. The first-order chi connectivity index (χ1) is 5.09. The van der Waals surface area contributed by atoms with E-state index in [4.69, 9.17) is 5.11 Å². The number of hydrogen-bond acceptors (Lipinski definition) is 2. The molecule has 0 aromatic rings. The molecule has 0 aromatic heterocycles. The molecule has 0 rings (SSSR count). The minimum Gasteiger partial charge on any atom is -0.395 e. The van der Waals surface area contributed by atoms with E-state index in [1.807, 2.05) is 20.8 Å². The summed E-state index contributed by atoms with van der Waals surface area (Å²) >= 11 is 0. The molecule has 0 aliphatic rings. The maximum atomic E-state index is 11.1. The van der Waals surface area contributed by atoms with Gasteiger partial charge in [-0.1, -0.05) is 20.8 Å². The Hall–Kier alpha value is -0.570. The van der Waals surface area contributed by atoms with Crippen LogP contribution >= 0.6 is 0 Å². The fourth-order valence-corrected chi connectivity index (χ4v) is 0.643. The lowest BCUT2D eigenvalue weighted by Gasteiger charge is -2.14. The molecule has 3 heteroatoms. The van der Waals surface area contributed by atoms with Crippen LogP contribution in [-0.4, -0.2) is 24.2 Å². The highest BCUT2D eigenvalue weighted by Gasteiger charge is 2.15. The van der Waals surface area contributed by atoms with Crippen LogP contribution in [0.1, 0.15) is 20.8 Å². The van der Waals surface area contributed by atoms with Gasteiger partial charge in [0.05, 0.1) is 6.61 Å². The van der Waals surface area contributed by atoms with Gasteiger partial charge in [0.2, 0.25) is 5.91 Å². The van der Waals surface area contributed by atoms with Crippen LogP contribution < -0.4 is 5.32 Å². The van der Waals surface area contributed by atoms with Crippen molar-refractivity contribution in [3.63, 3.8) is 0 Å². The Balaban J connectivity index is 3.64. The van der Waals surface area contributed by atoms with Crippen molar-refractivity contribution < 1.29 is 9.90 Å². The van der Waals surface area contributed by atoms with E-state index < -0.39 is 0 Å². The molecule has 1 amide bonds. The van der Waals surface area contributed by atoms with Crippen molar-refractivity contribution in [3.8, 4) is 0 Å². The lowest BCUT2D eigenvalue weighted by molar-refractivity contribution is -0.125. The normalized spacial score (nSPS) is 13.2. The van der Waals surface area contributed by atoms with Crippen molar-refractivity contribution in [3.05, 3.63) is 0 Å². The van der Waals surface area contributed by atoms with Crippen molar-refractivity contribution >= 4 is 5.91 Å². The number of nitrogens with one attached hydrogen (secondary N) is 1. The molecule has 0 bridgehead atoms. The zero-order chi connectivity index (χ0) is 8.85. The summed E-state index contributed by atoms with van der Waals surface area (Å²) in [4.78, 5) is 11.1. The van der Waals surface area contributed by atoms with Crippen molar-refractivity contribution in [2.75, 3.05) is 13.2 Å². The summed E-state index contributed by atoms with van der Waals surface area (Å²) in [6.07, 6.45) is 0. The second-order valence-electron chi connectivity index (χ2n) is 3.05. The molecule has 0 fully saturated rings. The molecule has 0 radical (unpaired) electrons. The highest BCUT2D eigenvalue weighted by Crippen LogP contribution is 2.08. The lowest BCUT2D eigenvalue weighted by atomic mass is 9.97. The van der Waals surface area contributed by atoms with Gasteiger partial charge < -0.3 is 10.4 Å². The Bertz CT molecular complexity index is 123. The molecule has 66 valence electrons. The average molecular weight is 159 g/mol. The number of hydrogen-bond donors (Lipinski definition) is 2. The zero-order valence-electron chi connectivity index (χ0n) is 7.42. The topological polar surface area (TPSA) is 49.3 Å². The summed E-state index contributed by atoms with van der Waals surface area (Å²) in [5, 5.41) is 11.0. The van der Waals surface area contributed by atoms with Crippen LogP contribution in [0.25, 0.3) is 0 Å². The van der Waals surface area contributed by atoms with Gasteiger partial charge in [0, 0.05) is 12.5 Å². The molecular formula is C8H17NO2. The maximum absolute atomic E-state index is 11.1. The van der Waals surface area contributed by atoms with Crippen LogP contribution in [-0.2, 0) is 4.79 Å². The Morgan fingerprint density at radius 2 is 2.00 bits per heavy atom. The average Bonchev–Trinajstić information content (AvgIpc) is 1.98. The quantitative estimate of drug-likeness (QED) is 0.623. The van der Waals surface area contributed by atoms with Gasteiger partial charge >= 0.3 is 0 Å². The molecule has 0 spiro atoms. The van der Waals surface area contributed by atoms with E-state index in [0.29, 0.717) is 12.5 Å². The summed E-state index contributed by atoms with van der Waals surface area (Å²) in [5.41, 5.74) is 0. The van der Waals surface area contributed by atoms with Crippen LogP contribution in [0.5, 0.6) is 0 Å². The van der Waals surface area contributed by atoms with Crippen LogP contribution in [0.2, 0.25) is 0 Å². The fourth-order valence-electron chi connectivity index (χ4n) is 0.643. The van der Waals surface area contributed by atoms with Gasteiger partial charge in [0.15, 0.2) is 0 Å². The van der Waals surface area contributed by atoms with Gasteiger partial charge in [0.1, 0.15) is 0 Å². The molecule has 1 unspecified atom stereocenters. The largest absolute Gasteiger partial charge is 0.395 e. The van der Waals surface area contributed by atoms with Gasteiger partial charge in [-0.25, -0.2) is 0 Å². The van der Waals surface area contributed by atoms with Crippen molar-refractivity contribution in [2.45, 2.75) is 20.8 Å². The molecule has 0 aromatic carbocycles. The Labute approximate surface area is 67.8 Å². The highest BCUT2D eigenvalue weighted by molar-refractivity contribution is 5.78. The van der Waals surface area contributed by atoms with Gasteiger partial charge in [-0.3, -0.25) is 4.79 Å². The Morgan fingerprint density at radius 1 is 1.45 bits per heavy atom. The van der Waals surface area contributed by atoms with Crippen LogP contribution in [0.4, 0.5) is 0 Å². The number of carbonyl (C=O) groups excluding carboxylic acids is 1. The summed E-state index contributed by atoms with van der Waals surface area (Å²) in [5.74, 6) is 0.407. The first-order valence-corrected chi connectivity index (χ1v) is 3.98. The van der Waals surface area contributed by atoms with Crippen LogP contribution in [0.15, 0.2) is 0 Å². The minimum atomic E-state index is 0.0105. The first kappa shape index (κ1) is 10.4. The lowest BCUT2D eigenvalue weighted by Crippen LogP contribution is -2.33. The second kappa shape index (κ2) is 5.13. The third-order valence-electron chi connectivity index (χ3n) is 1.82. The van der Waals surface area contributed by atoms with E-state index in [2.05, 4.69) is 5.32 Å². The molecule has 3 nitrogen and oxygen atoms in total. The summed E-state index contributed by atoms with van der Waals surface area (Å²) in [6, 6.07) is 0. The highest BCUT2D eigenvalue weighted by atomic mass is 16.3. The van der Waals surface area contributed by atoms with Crippen LogP contribution in [0.3, 0.4) is 0 Å². The smallest absolute Gasteiger partial charge is 0.223 e. The number of aliphatic hydroxyl groups is 1. The predicted molar refractivity (Wildman–Crippen MR) is 44.1 cm³/mol. The van der Waals surface area contributed by atoms with Gasteiger partial charge in [-0.05, 0) is 5.92 Å². The first-order valence-electron chi connectivity index (χ1n) is 3.98. The second-order valence-corrected chi connectivity index (χ2v) is 3.05. The number of rotatable bonds is 4. The fraction of sp³-hybridized carbons (Fsp3) is 0.875. The predicted octanol–water partition coefficient (Wildman–Crippen LogP) is 0.387. The number of carbonyl (C=O) groups is 1. The Morgan fingerprint density at radius 3 is 2.36 bits per heavy atom. The summed E-state index contributed by atoms with van der Waals surface area (Å²) in [7, 11) is 0. The van der Waals surface area contributed by atoms with E-state index in [1.54, 1.807) is 0 Å². The van der Waals surface area contributed by atoms with Gasteiger partial charge in [0.25, 0.3) is 0 Å². The molecule has 0 heterocycles. The standard InChI is InChI=1S/C8H17NO2/c1-6(2)7(3)8(11)9-4-5-10/h6-7,10H,4-5H2,1-3H3,(H,9,11). The molecular weight excluding hydrogens is 142 g/mol. The third-order valence-corrected chi connectivity index (χ3v) is 1.82. The minimum absolute atomic E-state index is 0.0105. The maximum Gasteiger partial charge on any atom is 0.223 e. The number of amides is 1. The van der Waals surface area contributed by atoms with E-state index in [-0.39, 0.29) is 18.4 Å². The molecule has 1 atom stereocenters. The molecule has 0 saturated carbocycles. The van der Waals surface area contributed by atoms with Gasteiger partial charge in [-0.2, -0.15) is 0 Å². The van der Waals surface area contributed by atoms with Crippen molar-refractivity contribution in [2.24, 2.45) is 11.8 Å². The molecule has 11 heavy (non-hydrogen) atoms. The van der Waals surface area contributed by atoms with E-state index in [1.165, 1.54) is 0 Å². The zero-order valence-corrected chi connectivity index (χ0v) is 7.42. The van der Waals surface area contributed by atoms with Gasteiger partial charge in [-0.15, -0.1) is 0 Å². The summed E-state index contributed by atoms with van der Waals surface area (Å²) < 4.78 is 0. The molecule has 0 aliphatic heterocycles. The number of aliphatic hydroxyl groups excluding tert-OH is 1. The van der Waals surface area contributed by atoms with E-state index in [9.17, 15) is 4.79 Å². The summed E-state index contributed by atoms with van der Waals surface area (Å²) in [6.45, 7) is 6.26. The third kappa shape index (κ3) is 3.98. The van der Waals surface area contributed by atoms with E-state index >= 15 is 0 Å². The van der Waals surface area contributed by atoms with Crippen molar-refractivity contribution in [1.29, 1.82) is 0 Å². The molecule has 2 N–H and O–H groups in total. The Kier molecular flexibility index (Phi) is 4.86.